The molecule has 0 spiro atoms. The Kier molecular flexibility index (Phi) is 6.21. The highest BCUT2D eigenvalue weighted by atomic mass is 16.2. The quantitative estimate of drug-likeness (QED) is 0.692. The van der Waals surface area contributed by atoms with Crippen LogP contribution in [0.1, 0.15) is 33.9 Å². The second-order valence-corrected chi connectivity index (χ2v) is 7.38. The molecule has 0 fully saturated rings. The molecule has 0 aromatic heterocycles. The van der Waals surface area contributed by atoms with Crippen molar-refractivity contribution in [3.05, 3.63) is 71.3 Å². The average Bonchev–Trinajstić information content (AvgIpc) is 2.67. The first-order valence-corrected chi connectivity index (χ1v) is 9.51. The van der Waals surface area contributed by atoms with Crippen LogP contribution in [-0.4, -0.2) is 49.8 Å². The lowest BCUT2D eigenvalue weighted by Gasteiger charge is -2.27. The van der Waals surface area contributed by atoms with Crippen LogP contribution in [0.2, 0.25) is 0 Å². The Bertz CT molecular complexity index is 864. The zero-order chi connectivity index (χ0) is 20.1. The molecule has 0 aliphatic carbocycles. The minimum Gasteiger partial charge on any atom is -0.344 e. The number of rotatable bonds is 7. The molecule has 1 aliphatic heterocycles. The van der Waals surface area contributed by atoms with Crippen LogP contribution in [0, 0.1) is 0 Å². The van der Waals surface area contributed by atoms with Gasteiger partial charge in [-0.2, -0.15) is 0 Å². The van der Waals surface area contributed by atoms with Gasteiger partial charge in [-0.05, 0) is 17.2 Å². The van der Waals surface area contributed by atoms with Gasteiger partial charge >= 0.3 is 0 Å². The number of imide groups is 1. The van der Waals surface area contributed by atoms with Crippen molar-refractivity contribution < 1.29 is 19.3 Å². The summed E-state index contributed by atoms with van der Waals surface area (Å²) in [5.74, 6) is -0.750. The number of likely N-dealkylation sites (N-methyl/N-ethyl adjacent to an activating group) is 1. The van der Waals surface area contributed by atoms with E-state index < -0.39 is 0 Å². The molecule has 2 aromatic rings. The summed E-state index contributed by atoms with van der Waals surface area (Å²) in [5, 5.41) is 3.04. The van der Waals surface area contributed by atoms with E-state index in [1.165, 1.54) is 9.80 Å². The van der Waals surface area contributed by atoms with Gasteiger partial charge in [0.15, 0.2) is 0 Å². The van der Waals surface area contributed by atoms with Crippen LogP contribution in [0.3, 0.4) is 0 Å². The standard InChI is InChI=1S/C22H25N3O3/c1-24(2)15-19(16-8-4-3-5-9-16)23-20(26)12-13-25-21(27)14-17-10-6-7-11-18(17)22(25)28/h3-11,19H,12-15H2,1-2H3,(H,23,26)/p+1/t19-/m1/s1. The largest absolute Gasteiger partial charge is 0.344 e. The maximum absolute atomic E-state index is 12.6. The third-order valence-corrected chi connectivity index (χ3v) is 4.85. The van der Waals surface area contributed by atoms with Gasteiger partial charge in [0.1, 0.15) is 12.6 Å². The van der Waals surface area contributed by atoms with E-state index in [9.17, 15) is 14.4 Å². The highest BCUT2D eigenvalue weighted by Crippen LogP contribution is 2.20. The van der Waals surface area contributed by atoms with E-state index in [1.54, 1.807) is 18.2 Å². The van der Waals surface area contributed by atoms with E-state index >= 15 is 0 Å². The van der Waals surface area contributed by atoms with Gasteiger partial charge in [0, 0.05) is 18.5 Å². The first kappa shape index (κ1) is 19.8. The van der Waals surface area contributed by atoms with Crippen molar-refractivity contribution in [1.29, 1.82) is 0 Å². The molecule has 28 heavy (non-hydrogen) atoms. The van der Waals surface area contributed by atoms with Gasteiger partial charge in [-0.25, -0.2) is 0 Å². The molecule has 0 unspecified atom stereocenters. The zero-order valence-corrected chi connectivity index (χ0v) is 16.3. The van der Waals surface area contributed by atoms with E-state index in [4.69, 9.17) is 0 Å². The summed E-state index contributed by atoms with van der Waals surface area (Å²) in [5.41, 5.74) is 2.33. The summed E-state index contributed by atoms with van der Waals surface area (Å²) in [7, 11) is 4.06. The molecule has 3 amide bonds. The molecule has 6 heteroatoms. The van der Waals surface area contributed by atoms with Crippen LogP contribution >= 0.6 is 0 Å². The van der Waals surface area contributed by atoms with E-state index in [0.29, 0.717) is 5.56 Å². The molecule has 1 atom stereocenters. The Morgan fingerprint density at radius 1 is 1.07 bits per heavy atom. The van der Waals surface area contributed by atoms with Gasteiger partial charge in [-0.1, -0.05) is 48.5 Å². The van der Waals surface area contributed by atoms with Gasteiger partial charge in [-0.3, -0.25) is 19.3 Å². The molecule has 0 bridgehead atoms. The molecule has 0 radical (unpaired) electrons. The molecule has 0 saturated carbocycles. The maximum Gasteiger partial charge on any atom is 0.260 e. The normalized spacial score (nSPS) is 14.8. The zero-order valence-electron chi connectivity index (χ0n) is 16.3. The number of nitrogens with zero attached hydrogens (tertiary/aromatic N) is 1. The lowest BCUT2D eigenvalue weighted by Crippen LogP contribution is -3.06. The Labute approximate surface area is 165 Å². The molecule has 2 N–H and O–H groups in total. The fraction of sp³-hybridized carbons (Fsp3) is 0.318. The predicted molar refractivity (Wildman–Crippen MR) is 106 cm³/mol. The number of carbonyl (C=O) groups is 3. The fourth-order valence-corrected chi connectivity index (χ4v) is 3.45. The van der Waals surface area contributed by atoms with Crippen molar-refractivity contribution in [2.24, 2.45) is 0 Å². The molecular formula is C22H26N3O3+. The topological polar surface area (TPSA) is 70.9 Å². The average molecular weight is 380 g/mol. The highest BCUT2D eigenvalue weighted by Gasteiger charge is 2.30. The second kappa shape index (κ2) is 8.80. The van der Waals surface area contributed by atoms with Crippen LogP contribution in [0.5, 0.6) is 0 Å². The third-order valence-electron chi connectivity index (χ3n) is 4.85. The fourth-order valence-electron chi connectivity index (χ4n) is 3.45. The molecule has 1 heterocycles. The molecule has 146 valence electrons. The number of amides is 3. The summed E-state index contributed by atoms with van der Waals surface area (Å²) in [6.45, 7) is 0.832. The number of benzene rings is 2. The molecule has 2 aromatic carbocycles. The van der Waals surface area contributed by atoms with Gasteiger partial charge in [0.25, 0.3) is 5.91 Å². The van der Waals surface area contributed by atoms with Crippen LogP contribution < -0.4 is 10.2 Å². The van der Waals surface area contributed by atoms with Crippen molar-refractivity contribution in [1.82, 2.24) is 10.2 Å². The van der Waals surface area contributed by atoms with Gasteiger partial charge < -0.3 is 10.2 Å². The number of hydrogen-bond donors (Lipinski definition) is 2. The third kappa shape index (κ3) is 4.64. The van der Waals surface area contributed by atoms with E-state index in [-0.39, 0.29) is 43.1 Å². The lowest BCUT2D eigenvalue weighted by atomic mass is 9.98. The Balaban J connectivity index is 1.63. The minimum absolute atomic E-state index is 0.0890. The first-order chi connectivity index (χ1) is 13.5. The Hall–Kier alpha value is -2.99. The minimum atomic E-state index is -0.322. The van der Waals surface area contributed by atoms with Crippen LogP contribution in [0.25, 0.3) is 0 Å². The van der Waals surface area contributed by atoms with Gasteiger partial charge in [0.05, 0.1) is 20.5 Å². The summed E-state index contributed by atoms with van der Waals surface area (Å²) in [6.07, 6.45) is 0.284. The molecule has 0 saturated heterocycles. The SMILES string of the molecule is C[NH+](C)C[C@@H](NC(=O)CCN1C(=O)Cc2ccccc2C1=O)c1ccccc1. The maximum atomic E-state index is 12.6. The number of carbonyl (C=O) groups excluding carboxylic acids is 3. The van der Waals surface area contributed by atoms with E-state index in [0.717, 1.165) is 17.7 Å². The number of nitrogens with one attached hydrogen (secondary N) is 2. The number of quaternary nitrogens is 1. The van der Waals surface area contributed by atoms with Crippen molar-refractivity contribution in [2.75, 3.05) is 27.2 Å². The second-order valence-electron chi connectivity index (χ2n) is 7.38. The molecule has 1 aliphatic rings. The highest BCUT2D eigenvalue weighted by molar-refractivity contribution is 6.09. The summed E-state index contributed by atoms with van der Waals surface area (Å²) in [4.78, 5) is 39.9. The Morgan fingerprint density at radius 3 is 2.46 bits per heavy atom. The summed E-state index contributed by atoms with van der Waals surface area (Å²) < 4.78 is 0. The van der Waals surface area contributed by atoms with Crippen molar-refractivity contribution in [3.63, 3.8) is 0 Å². The monoisotopic (exact) mass is 380 g/mol. The van der Waals surface area contributed by atoms with Crippen molar-refractivity contribution in [2.45, 2.75) is 18.9 Å². The first-order valence-electron chi connectivity index (χ1n) is 9.51. The molecule has 6 nitrogen and oxygen atoms in total. The predicted octanol–water partition coefficient (Wildman–Crippen LogP) is 0.604. The summed E-state index contributed by atoms with van der Waals surface area (Å²) >= 11 is 0. The Morgan fingerprint density at radius 2 is 1.75 bits per heavy atom. The lowest BCUT2D eigenvalue weighted by molar-refractivity contribution is -0.860. The van der Waals surface area contributed by atoms with Crippen molar-refractivity contribution >= 4 is 17.7 Å². The number of hydrogen-bond acceptors (Lipinski definition) is 3. The van der Waals surface area contributed by atoms with Crippen LogP contribution in [0.4, 0.5) is 0 Å². The van der Waals surface area contributed by atoms with E-state index in [2.05, 4.69) is 5.32 Å². The van der Waals surface area contributed by atoms with Crippen LogP contribution in [-0.2, 0) is 16.0 Å². The van der Waals surface area contributed by atoms with Gasteiger partial charge in [0.2, 0.25) is 11.8 Å². The summed E-state index contributed by atoms with van der Waals surface area (Å²) in [6, 6.07) is 16.8. The van der Waals surface area contributed by atoms with E-state index in [1.807, 2.05) is 50.5 Å². The number of fused-ring (bicyclic) bond motifs is 1. The van der Waals surface area contributed by atoms with Crippen molar-refractivity contribution in [3.8, 4) is 0 Å². The van der Waals surface area contributed by atoms with Gasteiger partial charge in [-0.15, -0.1) is 0 Å². The smallest absolute Gasteiger partial charge is 0.260 e. The molecular weight excluding hydrogens is 354 g/mol. The van der Waals surface area contributed by atoms with Crippen LogP contribution in [0.15, 0.2) is 54.6 Å². The molecule has 3 rings (SSSR count).